The van der Waals surface area contributed by atoms with E-state index in [2.05, 4.69) is 68.1 Å². The second kappa shape index (κ2) is 7.63. The molecule has 5 rings (SSSR count). The van der Waals surface area contributed by atoms with Crippen molar-refractivity contribution in [3.05, 3.63) is 52.6 Å². The molecule has 0 amide bonds. The fraction of sp³-hybridized carbons (Fsp3) is 0.552. The van der Waals surface area contributed by atoms with E-state index in [0.717, 1.165) is 32.1 Å². The minimum atomic E-state index is -0.920. The summed E-state index contributed by atoms with van der Waals surface area (Å²) in [6.07, 6.45) is 8.19. The van der Waals surface area contributed by atoms with Crippen molar-refractivity contribution >= 4 is 11.5 Å². The van der Waals surface area contributed by atoms with Gasteiger partial charge in [0, 0.05) is 44.0 Å². The van der Waals surface area contributed by atoms with Crippen LogP contribution in [0, 0.1) is 29.1 Å². The topological polar surface area (TPSA) is 40.5 Å². The zero-order valence-corrected chi connectivity index (χ0v) is 19.9. The molecule has 0 spiro atoms. The number of hydrogen-bond acceptors (Lipinski definition) is 3. The van der Waals surface area contributed by atoms with Crippen LogP contribution in [0.15, 0.2) is 47.1 Å². The van der Waals surface area contributed by atoms with Gasteiger partial charge in [-0.05, 0) is 79.7 Å². The Hall–Kier alpha value is -2.31. The summed E-state index contributed by atoms with van der Waals surface area (Å²) in [4.78, 5) is 14.3. The van der Waals surface area contributed by atoms with E-state index in [0.29, 0.717) is 30.5 Å². The minimum Gasteiger partial charge on any atom is -0.378 e. The van der Waals surface area contributed by atoms with Crippen LogP contribution in [0.4, 0.5) is 5.69 Å². The lowest BCUT2D eigenvalue weighted by Crippen LogP contribution is -2.50. The molecule has 4 aliphatic carbocycles. The molecule has 168 valence electrons. The number of carbonyl (C=O) groups excluding carboxylic acids is 1. The Balaban J connectivity index is 1.65. The number of ketones is 1. The number of rotatable bonds is 2. The first-order valence-corrected chi connectivity index (χ1v) is 12.1. The minimum absolute atomic E-state index is 0.231. The van der Waals surface area contributed by atoms with Crippen LogP contribution in [0.2, 0.25) is 0 Å². The van der Waals surface area contributed by atoms with Crippen LogP contribution in [0.5, 0.6) is 0 Å². The summed E-state index contributed by atoms with van der Waals surface area (Å²) in [5.41, 5.74) is 5.70. The van der Waals surface area contributed by atoms with Crippen molar-refractivity contribution in [2.45, 2.75) is 70.3 Å². The molecule has 0 unspecified atom stereocenters. The molecular formula is C29H35NO2. The number of Topliss-reactive ketones (excluding diaryl/α,β-unsaturated/α-hetero) is 1. The Morgan fingerprint density at radius 1 is 1.16 bits per heavy atom. The predicted molar refractivity (Wildman–Crippen MR) is 129 cm³/mol. The Morgan fingerprint density at radius 2 is 1.91 bits per heavy atom. The molecule has 1 aromatic rings. The quantitative estimate of drug-likeness (QED) is 0.640. The van der Waals surface area contributed by atoms with Gasteiger partial charge in [0.25, 0.3) is 0 Å². The molecule has 0 heterocycles. The van der Waals surface area contributed by atoms with Crippen molar-refractivity contribution in [2.24, 2.45) is 17.3 Å². The fourth-order valence-corrected chi connectivity index (χ4v) is 7.32. The number of hydrogen-bond donors (Lipinski definition) is 1. The number of nitrogens with zero attached hydrogens (tertiary/aromatic N) is 1. The number of aliphatic hydroxyl groups is 1. The van der Waals surface area contributed by atoms with Crippen molar-refractivity contribution in [1.29, 1.82) is 0 Å². The van der Waals surface area contributed by atoms with E-state index in [-0.39, 0.29) is 11.3 Å². The Bertz CT molecular complexity index is 1070. The molecule has 0 bridgehead atoms. The summed E-state index contributed by atoms with van der Waals surface area (Å²) in [6, 6.07) is 8.97. The molecule has 3 saturated carbocycles. The van der Waals surface area contributed by atoms with Crippen LogP contribution in [0.1, 0.15) is 70.3 Å². The second-order valence-corrected chi connectivity index (χ2v) is 10.8. The first-order chi connectivity index (χ1) is 15.3. The SMILES string of the molecule is CC#C[C@]1(O)CC[C@H]2[C@@H]3CC=C4CC(=O)CCC4=C3[C@@H](c3ccc(N(C)C)cc3)C[C@@]21C. The predicted octanol–water partition coefficient (Wildman–Crippen LogP) is 5.41. The van der Waals surface area contributed by atoms with Crippen molar-refractivity contribution in [3.63, 3.8) is 0 Å². The zero-order valence-electron chi connectivity index (χ0n) is 19.9. The van der Waals surface area contributed by atoms with E-state index >= 15 is 0 Å². The first kappa shape index (κ1) is 21.5. The third-order valence-electron chi connectivity index (χ3n) is 9.01. The highest BCUT2D eigenvalue weighted by Crippen LogP contribution is 2.66. The van der Waals surface area contributed by atoms with Crippen molar-refractivity contribution < 1.29 is 9.90 Å². The average molecular weight is 430 g/mol. The van der Waals surface area contributed by atoms with Crippen LogP contribution >= 0.6 is 0 Å². The number of benzene rings is 1. The molecular weight excluding hydrogens is 394 g/mol. The third kappa shape index (κ3) is 3.11. The van der Waals surface area contributed by atoms with Gasteiger partial charge in [0.2, 0.25) is 0 Å². The van der Waals surface area contributed by atoms with Gasteiger partial charge in [-0.3, -0.25) is 4.79 Å². The van der Waals surface area contributed by atoms with Gasteiger partial charge in [-0.25, -0.2) is 0 Å². The van der Waals surface area contributed by atoms with E-state index in [4.69, 9.17) is 0 Å². The summed E-state index contributed by atoms with van der Waals surface area (Å²) in [6.45, 7) is 4.14. The summed E-state index contributed by atoms with van der Waals surface area (Å²) < 4.78 is 0. The lowest BCUT2D eigenvalue weighted by atomic mass is 9.51. The van der Waals surface area contributed by atoms with Crippen molar-refractivity contribution in [3.8, 4) is 11.8 Å². The van der Waals surface area contributed by atoms with Crippen LogP contribution in [0.25, 0.3) is 0 Å². The van der Waals surface area contributed by atoms with E-state index in [9.17, 15) is 9.90 Å². The fourth-order valence-electron chi connectivity index (χ4n) is 7.32. The normalized spacial score (nSPS) is 35.8. The van der Waals surface area contributed by atoms with Gasteiger partial charge < -0.3 is 10.0 Å². The smallest absolute Gasteiger partial charge is 0.137 e. The molecule has 0 saturated heterocycles. The lowest BCUT2D eigenvalue weighted by Gasteiger charge is -2.53. The van der Waals surface area contributed by atoms with E-state index in [1.54, 1.807) is 5.57 Å². The van der Waals surface area contributed by atoms with Crippen molar-refractivity contribution in [2.75, 3.05) is 19.0 Å². The van der Waals surface area contributed by atoms with Gasteiger partial charge in [-0.1, -0.05) is 36.6 Å². The van der Waals surface area contributed by atoms with E-state index in [1.807, 2.05) is 6.92 Å². The number of carbonyl (C=O) groups is 1. The van der Waals surface area contributed by atoms with Gasteiger partial charge in [0.05, 0.1) is 0 Å². The number of fused-ring (bicyclic) bond motifs is 4. The summed E-state index contributed by atoms with van der Waals surface area (Å²) in [7, 11) is 4.14. The highest BCUT2D eigenvalue weighted by atomic mass is 16.3. The molecule has 1 aromatic carbocycles. The number of allylic oxidation sites excluding steroid dienone is 4. The monoisotopic (exact) mass is 429 g/mol. The van der Waals surface area contributed by atoms with Gasteiger partial charge in [-0.15, -0.1) is 5.92 Å². The Morgan fingerprint density at radius 3 is 2.59 bits per heavy atom. The van der Waals surface area contributed by atoms with Crippen molar-refractivity contribution in [1.82, 2.24) is 0 Å². The van der Waals surface area contributed by atoms with Gasteiger partial charge in [-0.2, -0.15) is 0 Å². The maximum Gasteiger partial charge on any atom is 0.137 e. The maximum atomic E-state index is 12.2. The zero-order chi connectivity index (χ0) is 22.7. The lowest BCUT2D eigenvalue weighted by molar-refractivity contribution is -0.118. The summed E-state index contributed by atoms with van der Waals surface area (Å²) >= 11 is 0. The first-order valence-electron chi connectivity index (χ1n) is 12.1. The second-order valence-electron chi connectivity index (χ2n) is 10.8. The molecule has 0 aliphatic heterocycles. The van der Waals surface area contributed by atoms with Crippen LogP contribution in [-0.4, -0.2) is 30.6 Å². The van der Waals surface area contributed by atoms with Gasteiger partial charge >= 0.3 is 0 Å². The Labute approximate surface area is 192 Å². The van der Waals surface area contributed by atoms with Gasteiger partial charge in [0.15, 0.2) is 0 Å². The highest BCUT2D eigenvalue weighted by molar-refractivity contribution is 5.84. The van der Waals surface area contributed by atoms with Crippen LogP contribution in [0.3, 0.4) is 0 Å². The molecule has 32 heavy (non-hydrogen) atoms. The molecule has 3 nitrogen and oxygen atoms in total. The standard InChI is InChI=1S/C29H35NO2/c1-5-15-29(32)16-14-26-24-12-8-20-17-22(31)11-13-23(20)27(24)25(18-28(26,29)2)19-6-9-21(10-7-19)30(3)4/h6-10,24-26,32H,11-14,16-18H2,1-4H3/t24-,25+,26-,28-,29-/m0/s1. The molecule has 4 aliphatic rings. The molecule has 0 radical (unpaired) electrons. The summed E-state index contributed by atoms with van der Waals surface area (Å²) in [5, 5.41) is 11.7. The van der Waals surface area contributed by atoms with Gasteiger partial charge in [0.1, 0.15) is 11.4 Å². The maximum absolute atomic E-state index is 12.2. The molecule has 5 atom stereocenters. The van der Waals surface area contributed by atoms with E-state index in [1.165, 1.54) is 22.4 Å². The third-order valence-corrected chi connectivity index (χ3v) is 9.01. The average Bonchev–Trinajstić information content (AvgIpc) is 3.03. The largest absolute Gasteiger partial charge is 0.378 e. The van der Waals surface area contributed by atoms with Crippen LogP contribution in [-0.2, 0) is 4.79 Å². The summed E-state index contributed by atoms with van der Waals surface area (Å²) in [5.74, 6) is 7.79. The van der Waals surface area contributed by atoms with E-state index < -0.39 is 5.60 Å². The number of anilines is 1. The molecule has 3 fully saturated rings. The van der Waals surface area contributed by atoms with Crippen LogP contribution < -0.4 is 4.90 Å². The molecule has 0 aromatic heterocycles. The Kier molecular flexibility index (Phi) is 5.13. The highest BCUT2D eigenvalue weighted by Gasteiger charge is 2.62. The molecule has 3 heteroatoms. The molecule has 1 N–H and O–H groups in total.